The Morgan fingerprint density at radius 3 is 2.85 bits per heavy atom. The summed E-state index contributed by atoms with van der Waals surface area (Å²) in [6, 6.07) is 14.7. The predicted molar refractivity (Wildman–Crippen MR) is 99.5 cm³/mol. The number of hydrogen-bond donors (Lipinski definition) is 0. The molecule has 1 aliphatic rings. The lowest BCUT2D eigenvalue weighted by Crippen LogP contribution is -2.45. The third-order valence-corrected chi connectivity index (χ3v) is 4.61. The minimum Gasteiger partial charge on any atom is -0.489 e. The van der Waals surface area contributed by atoms with Crippen LogP contribution < -0.4 is 15.2 Å². The van der Waals surface area contributed by atoms with Gasteiger partial charge in [-0.2, -0.15) is 0 Å². The van der Waals surface area contributed by atoms with Crippen molar-refractivity contribution in [1.29, 1.82) is 0 Å². The van der Waals surface area contributed by atoms with E-state index in [0.29, 0.717) is 29.8 Å². The summed E-state index contributed by atoms with van der Waals surface area (Å²) in [7, 11) is 0. The largest absolute Gasteiger partial charge is 0.489 e. The third-order valence-electron chi connectivity index (χ3n) is 4.61. The van der Waals surface area contributed by atoms with Gasteiger partial charge in [-0.05, 0) is 31.2 Å². The average Bonchev–Trinajstić information content (AvgIpc) is 2.67. The summed E-state index contributed by atoms with van der Waals surface area (Å²) < 4.78 is 7.18. The Labute approximate surface area is 150 Å². The molecule has 1 amide bonds. The Bertz CT molecular complexity index is 1030. The van der Waals surface area contributed by atoms with E-state index in [9.17, 15) is 9.59 Å². The van der Waals surface area contributed by atoms with Crippen molar-refractivity contribution in [3.63, 3.8) is 0 Å². The molecule has 0 bridgehead atoms. The van der Waals surface area contributed by atoms with E-state index in [2.05, 4.69) is 4.98 Å². The number of hydrogen-bond acceptors (Lipinski definition) is 4. The van der Waals surface area contributed by atoms with Crippen LogP contribution in [0.5, 0.6) is 5.75 Å². The molecule has 0 fully saturated rings. The first-order chi connectivity index (χ1) is 12.6. The number of benzene rings is 2. The van der Waals surface area contributed by atoms with E-state index in [1.165, 1.54) is 10.9 Å². The van der Waals surface area contributed by atoms with Crippen LogP contribution in [0.1, 0.15) is 13.3 Å². The highest BCUT2D eigenvalue weighted by Gasteiger charge is 2.28. The Morgan fingerprint density at radius 1 is 1.19 bits per heavy atom. The van der Waals surface area contributed by atoms with Crippen molar-refractivity contribution in [3.8, 4) is 5.75 Å². The van der Waals surface area contributed by atoms with Gasteiger partial charge in [-0.25, -0.2) is 4.98 Å². The lowest BCUT2D eigenvalue weighted by molar-refractivity contribution is -0.119. The molecule has 0 aliphatic carbocycles. The van der Waals surface area contributed by atoms with Crippen molar-refractivity contribution in [3.05, 3.63) is 65.2 Å². The zero-order valence-corrected chi connectivity index (χ0v) is 14.5. The number of para-hydroxylation sites is 3. The quantitative estimate of drug-likeness (QED) is 0.729. The van der Waals surface area contributed by atoms with E-state index >= 15 is 0 Å². The molecule has 0 saturated carbocycles. The molecule has 26 heavy (non-hydrogen) atoms. The Hall–Kier alpha value is -3.15. The zero-order valence-electron chi connectivity index (χ0n) is 14.5. The molecule has 1 aromatic heterocycles. The molecule has 1 aliphatic heterocycles. The fourth-order valence-electron chi connectivity index (χ4n) is 3.28. The topological polar surface area (TPSA) is 64.4 Å². The number of ether oxygens (including phenoxy) is 1. The van der Waals surface area contributed by atoms with Gasteiger partial charge in [0.15, 0.2) is 0 Å². The molecule has 4 rings (SSSR count). The normalized spacial score (nSPS) is 16.2. The van der Waals surface area contributed by atoms with Crippen LogP contribution in [0.2, 0.25) is 0 Å². The van der Waals surface area contributed by atoms with Gasteiger partial charge in [-0.15, -0.1) is 0 Å². The Balaban J connectivity index is 1.56. The van der Waals surface area contributed by atoms with Gasteiger partial charge in [0.05, 0.1) is 29.0 Å². The summed E-state index contributed by atoms with van der Waals surface area (Å²) in [6.45, 7) is 2.71. The molecule has 0 radical (unpaired) electrons. The molecule has 1 unspecified atom stereocenters. The van der Waals surface area contributed by atoms with Crippen LogP contribution >= 0.6 is 0 Å². The second-order valence-electron chi connectivity index (χ2n) is 6.40. The molecule has 2 aromatic carbocycles. The maximum Gasteiger partial charge on any atom is 0.261 e. The van der Waals surface area contributed by atoms with Crippen LogP contribution in [0.15, 0.2) is 59.7 Å². The van der Waals surface area contributed by atoms with Gasteiger partial charge < -0.3 is 9.64 Å². The number of carbonyl (C=O) groups excluding carboxylic acids is 1. The molecule has 3 aromatic rings. The third kappa shape index (κ3) is 2.83. The van der Waals surface area contributed by atoms with Gasteiger partial charge in [0.25, 0.3) is 5.56 Å². The first kappa shape index (κ1) is 16.3. The lowest BCUT2D eigenvalue weighted by atomic mass is 10.1. The molecule has 0 spiro atoms. The number of aromatic nitrogens is 2. The Morgan fingerprint density at radius 2 is 1.96 bits per heavy atom. The van der Waals surface area contributed by atoms with Crippen LogP contribution in [0, 0.1) is 0 Å². The van der Waals surface area contributed by atoms with Gasteiger partial charge in [-0.3, -0.25) is 14.2 Å². The van der Waals surface area contributed by atoms with Crippen molar-refractivity contribution in [2.24, 2.45) is 0 Å². The fraction of sp³-hybridized carbons (Fsp3) is 0.250. The number of nitrogens with zero attached hydrogens (tertiary/aromatic N) is 3. The second-order valence-corrected chi connectivity index (χ2v) is 6.40. The van der Waals surface area contributed by atoms with Gasteiger partial charge >= 0.3 is 0 Å². The Kier molecular flexibility index (Phi) is 4.16. The average molecular weight is 349 g/mol. The minimum atomic E-state index is -0.126. The summed E-state index contributed by atoms with van der Waals surface area (Å²) in [6.07, 6.45) is 1.73. The van der Waals surface area contributed by atoms with Gasteiger partial charge in [-0.1, -0.05) is 24.3 Å². The van der Waals surface area contributed by atoms with E-state index < -0.39 is 0 Å². The van der Waals surface area contributed by atoms with Crippen molar-refractivity contribution < 1.29 is 9.53 Å². The predicted octanol–water partition coefficient (Wildman–Crippen LogP) is 2.60. The number of fused-ring (bicyclic) bond motifs is 2. The van der Waals surface area contributed by atoms with Gasteiger partial charge in [0.2, 0.25) is 5.91 Å². The monoisotopic (exact) mass is 349 g/mol. The number of anilines is 1. The number of aryl methyl sites for hydroxylation is 1. The molecule has 0 saturated heterocycles. The minimum absolute atomic E-state index is 0.0340. The molecule has 6 heteroatoms. The molecule has 2 heterocycles. The smallest absolute Gasteiger partial charge is 0.261 e. The van der Waals surface area contributed by atoms with Crippen molar-refractivity contribution >= 4 is 22.5 Å². The summed E-state index contributed by atoms with van der Waals surface area (Å²) in [5.74, 6) is 0.678. The van der Waals surface area contributed by atoms with Crippen molar-refractivity contribution in [1.82, 2.24) is 9.55 Å². The van der Waals surface area contributed by atoms with Crippen molar-refractivity contribution in [2.75, 3.05) is 11.5 Å². The van der Waals surface area contributed by atoms with Crippen LogP contribution in [0.3, 0.4) is 0 Å². The first-order valence-electron chi connectivity index (χ1n) is 8.63. The standard InChI is InChI=1S/C20H19N3O3/c1-14-12-26-18-9-5-4-8-17(18)23(14)19(24)10-11-22-13-21-16-7-3-2-6-15(16)20(22)25/h2-9,13-14H,10-12H2,1H3. The molecule has 6 nitrogen and oxygen atoms in total. The first-order valence-corrected chi connectivity index (χ1v) is 8.63. The molecular formula is C20H19N3O3. The zero-order chi connectivity index (χ0) is 18.1. The summed E-state index contributed by atoms with van der Waals surface area (Å²) in [5, 5.41) is 0.563. The van der Waals surface area contributed by atoms with Crippen LogP contribution in [-0.2, 0) is 11.3 Å². The van der Waals surface area contributed by atoms with E-state index in [4.69, 9.17) is 4.74 Å². The second kappa shape index (κ2) is 6.63. The number of rotatable bonds is 3. The van der Waals surface area contributed by atoms with E-state index in [1.807, 2.05) is 43.3 Å². The van der Waals surface area contributed by atoms with E-state index in [0.717, 1.165) is 5.69 Å². The molecule has 132 valence electrons. The van der Waals surface area contributed by atoms with E-state index in [-0.39, 0.29) is 23.9 Å². The molecule has 1 atom stereocenters. The summed E-state index contributed by atoms with van der Waals surface area (Å²) in [4.78, 5) is 31.5. The van der Waals surface area contributed by atoms with Gasteiger partial charge in [0.1, 0.15) is 12.4 Å². The lowest BCUT2D eigenvalue weighted by Gasteiger charge is -2.35. The number of carbonyl (C=O) groups is 1. The fourth-order valence-corrected chi connectivity index (χ4v) is 3.28. The molecular weight excluding hydrogens is 330 g/mol. The highest BCUT2D eigenvalue weighted by molar-refractivity contribution is 5.95. The van der Waals surface area contributed by atoms with Crippen LogP contribution in [-0.4, -0.2) is 28.1 Å². The summed E-state index contributed by atoms with van der Waals surface area (Å²) in [5.41, 5.74) is 1.31. The van der Waals surface area contributed by atoms with E-state index in [1.54, 1.807) is 17.0 Å². The highest BCUT2D eigenvalue weighted by Crippen LogP contribution is 2.33. The SMILES string of the molecule is CC1COc2ccccc2N1C(=O)CCn1cnc2ccccc2c1=O. The number of amides is 1. The molecule has 0 N–H and O–H groups in total. The van der Waals surface area contributed by atoms with Crippen molar-refractivity contribution in [2.45, 2.75) is 25.9 Å². The maximum absolute atomic E-state index is 12.9. The summed E-state index contributed by atoms with van der Waals surface area (Å²) >= 11 is 0. The maximum atomic E-state index is 12.9. The van der Waals surface area contributed by atoms with Crippen LogP contribution in [0.25, 0.3) is 10.9 Å². The highest BCUT2D eigenvalue weighted by atomic mass is 16.5. The van der Waals surface area contributed by atoms with Gasteiger partial charge in [0, 0.05) is 13.0 Å². The van der Waals surface area contributed by atoms with Crippen LogP contribution in [0.4, 0.5) is 5.69 Å².